The van der Waals surface area contributed by atoms with Crippen LogP contribution in [0.4, 0.5) is 0 Å². The molecule has 1 amide bonds. The third-order valence-corrected chi connectivity index (χ3v) is 4.64. The molecule has 2 rings (SSSR count). The van der Waals surface area contributed by atoms with Gasteiger partial charge in [-0.3, -0.25) is 19.0 Å². The third kappa shape index (κ3) is 2.87. The van der Waals surface area contributed by atoms with Gasteiger partial charge in [-0.15, -0.1) is 11.3 Å². The third-order valence-electron chi connectivity index (χ3n) is 3.44. The Morgan fingerprint density at radius 2 is 2.09 bits per heavy atom. The van der Waals surface area contributed by atoms with Crippen molar-refractivity contribution in [1.29, 1.82) is 0 Å². The fraction of sp³-hybridized carbons (Fsp3) is 0.429. The van der Waals surface area contributed by atoms with Gasteiger partial charge in [0.25, 0.3) is 11.5 Å². The van der Waals surface area contributed by atoms with Gasteiger partial charge < -0.3 is 10.8 Å². The molecule has 118 valence electrons. The molecule has 0 bridgehead atoms. The Hall–Kier alpha value is -2.22. The van der Waals surface area contributed by atoms with E-state index in [2.05, 4.69) is 4.98 Å². The summed E-state index contributed by atoms with van der Waals surface area (Å²) in [6.45, 7) is 3.84. The smallest absolute Gasteiger partial charge is 0.303 e. The van der Waals surface area contributed by atoms with Crippen LogP contribution in [0, 0.1) is 6.92 Å². The van der Waals surface area contributed by atoms with Crippen LogP contribution in [0.3, 0.4) is 0 Å². The number of hydrogen-bond donors (Lipinski definition) is 2. The second-order valence-electron chi connectivity index (χ2n) is 4.94. The van der Waals surface area contributed by atoms with E-state index in [1.54, 1.807) is 6.92 Å². The maximum Gasteiger partial charge on any atom is 0.303 e. The SMILES string of the molecule is CCc1nc2sc(C(N)=O)c(C)c2c(=O)n1CCCC(=O)O. The number of aliphatic carboxylic acids is 1. The number of carbonyl (C=O) groups excluding carboxylic acids is 1. The van der Waals surface area contributed by atoms with Crippen LogP contribution in [0.5, 0.6) is 0 Å². The first-order chi connectivity index (χ1) is 10.4. The van der Waals surface area contributed by atoms with Crippen molar-refractivity contribution in [2.24, 2.45) is 5.73 Å². The number of rotatable bonds is 6. The summed E-state index contributed by atoms with van der Waals surface area (Å²) < 4.78 is 1.50. The molecule has 3 N–H and O–H groups in total. The Morgan fingerprint density at radius 1 is 1.41 bits per heavy atom. The lowest BCUT2D eigenvalue weighted by Crippen LogP contribution is -2.25. The largest absolute Gasteiger partial charge is 0.481 e. The molecule has 0 spiro atoms. The van der Waals surface area contributed by atoms with Crippen molar-refractivity contribution >= 4 is 33.4 Å². The number of carboxylic acids is 1. The van der Waals surface area contributed by atoms with Crippen LogP contribution in [-0.2, 0) is 17.8 Å². The Morgan fingerprint density at radius 3 is 2.64 bits per heavy atom. The van der Waals surface area contributed by atoms with Crippen LogP contribution in [0.2, 0.25) is 0 Å². The summed E-state index contributed by atoms with van der Waals surface area (Å²) in [4.78, 5) is 40.0. The summed E-state index contributed by atoms with van der Waals surface area (Å²) in [6.07, 6.45) is 0.880. The lowest BCUT2D eigenvalue weighted by molar-refractivity contribution is -0.137. The first kappa shape index (κ1) is 16.2. The molecule has 0 saturated carbocycles. The van der Waals surface area contributed by atoms with Gasteiger partial charge in [-0.2, -0.15) is 0 Å². The molecule has 2 heterocycles. The van der Waals surface area contributed by atoms with E-state index >= 15 is 0 Å². The van der Waals surface area contributed by atoms with Crippen LogP contribution in [0.1, 0.15) is 40.8 Å². The Labute approximate surface area is 130 Å². The molecular formula is C14H17N3O4S. The van der Waals surface area contributed by atoms with Gasteiger partial charge in [0, 0.05) is 19.4 Å². The molecular weight excluding hydrogens is 306 g/mol. The van der Waals surface area contributed by atoms with Crippen molar-refractivity contribution < 1.29 is 14.7 Å². The fourth-order valence-electron chi connectivity index (χ4n) is 2.38. The fourth-order valence-corrected chi connectivity index (χ4v) is 3.43. The zero-order valence-electron chi connectivity index (χ0n) is 12.4. The van der Waals surface area contributed by atoms with Crippen molar-refractivity contribution in [2.45, 2.75) is 39.7 Å². The zero-order chi connectivity index (χ0) is 16.4. The predicted octanol–water partition coefficient (Wildman–Crippen LogP) is 1.29. The Kier molecular flexibility index (Phi) is 4.60. The molecule has 0 aliphatic heterocycles. The summed E-state index contributed by atoms with van der Waals surface area (Å²) in [5.74, 6) is -0.890. The van der Waals surface area contributed by atoms with Gasteiger partial charge in [-0.25, -0.2) is 4.98 Å². The number of carbonyl (C=O) groups is 2. The van der Waals surface area contributed by atoms with Crippen LogP contribution >= 0.6 is 11.3 Å². The minimum Gasteiger partial charge on any atom is -0.481 e. The quantitative estimate of drug-likeness (QED) is 0.831. The number of primary amides is 1. The maximum atomic E-state index is 12.7. The molecule has 0 atom stereocenters. The molecule has 2 aromatic heterocycles. The minimum atomic E-state index is -0.900. The molecule has 0 radical (unpaired) electrons. The zero-order valence-corrected chi connectivity index (χ0v) is 13.2. The number of aromatic nitrogens is 2. The van der Waals surface area contributed by atoms with E-state index < -0.39 is 11.9 Å². The van der Waals surface area contributed by atoms with Gasteiger partial charge in [0.1, 0.15) is 10.7 Å². The van der Waals surface area contributed by atoms with Crippen LogP contribution in [0.15, 0.2) is 4.79 Å². The second kappa shape index (κ2) is 6.27. The molecule has 0 aromatic carbocycles. The molecule has 8 heteroatoms. The van der Waals surface area contributed by atoms with E-state index in [9.17, 15) is 14.4 Å². The number of fused-ring (bicyclic) bond motifs is 1. The summed E-state index contributed by atoms with van der Waals surface area (Å²) in [5.41, 5.74) is 5.62. The predicted molar refractivity (Wildman–Crippen MR) is 83.4 cm³/mol. The summed E-state index contributed by atoms with van der Waals surface area (Å²) >= 11 is 1.12. The number of aryl methyl sites for hydroxylation is 2. The van der Waals surface area contributed by atoms with Crippen LogP contribution < -0.4 is 11.3 Å². The molecule has 7 nitrogen and oxygen atoms in total. The van der Waals surface area contributed by atoms with E-state index in [4.69, 9.17) is 10.8 Å². The minimum absolute atomic E-state index is 0.0111. The topological polar surface area (TPSA) is 115 Å². The number of nitrogens with two attached hydrogens (primary N) is 1. The van der Waals surface area contributed by atoms with Gasteiger partial charge in [0.2, 0.25) is 0 Å². The Balaban J connectivity index is 2.58. The van der Waals surface area contributed by atoms with Crippen molar-refractivity contribution in [2.75, 3.05) is 0 Å². The van der Waals surface area contributed by atoms with Crippen molar-refractivity contribution in [3.63, 3.8) is 0 Å². The molecule has 0 aliphatic carbocycles. The molecule has 22 heavy (non-hydrogen) atoms. The monoisotopic (exact) mass is 323 g/mol. The van der Waals surface area contributed by atoms with Gasteiger partial charge in [-0.05, 0) is 18.9 Å². The second-order valence-corrected chi connectivity index (χ2v) is 5.94. The molecule has 2 aromatic rings. The normalized spacial score (nSPS) is 11.0. The van der Waals surface area contributed by atoms with Crippen LogP contribution in [0.25, 0.3) is 10.2 Å². The van der Waals surface area contributed by atoms with E-state index in [1.807, 2.05) is 6.92 Å². The molecule has 0 fully saturated rings. The van der Waals surface area contributed by atoms with Crippen LogP contribution in [-0.4, -0.2) is 26.5 Å². The van der Waals surface area contributed by atoms with Gasteiger partial charge >= 0.3 is 5.97 Å². The lowest BCUT2D eigenvalue weighted by Gasteiger charge is -2.10. The van der Waals surface area contributed by atoms with Gasteiger partial charge in [0.15, 0.2) is 0 Å². The molecule has 0 unspecified atom stereocenters. The van der Waals surface area contributed by atoms with E-state index in [0.29, 0.717) is 45.9 Å². The maximum absolute atomic E-state index is 12.7. The summed E-state index contributed by atoms with van der Waals surface area (Å²) in [7, 11) is 0. The van der Waals surface area contributed by atoms with E-state index in [0.717, 1.165) is 11.3 Å². The van der Waals surface area contributed by atoms with Crippen molar-refractivity contribution in [3.8, 4) is 0 Å². The summed E-state index contributed by atoms with van der Waals surface area (Å²) in [5, 5.41) is 9.11. The number of nitrogens with zero attached hydrogens (tertiary/aromatic N) is 2. The Bertz CT molecular complexity index is 807. The number of carboxylic acid groups (broad SMARTS) is 1. The van der Waals surface area contributed by atoms with Crippen molar-refractivity contribution in [3.05, 3.63) is 26.6 Å². The van der Waals surface area contributed by atoms with Gasteiger partial charge in [0.05, 0.1) is 10.3 Å². The number of amides is 1. The van der Waals surface area contributed by atoms with E-state index in [-0.39, 0.29) is 12.0 Å². The molecule has 0 saturated heterocycles. The highest BCUT2D eigenvalue weighted by atomic mass is 32.1. The van der Waals surface area contributed by atoms with Crippen molar-refractivity contribution in [1.82, 2.24) is 9.55 Å². The van der Waals surface area contributed by atoms with Gasteiger partial charge in [-0.1, -0.05) is 6.92 Å². The van der Waals surface area contributed by atoms with E-state index in [1.165, 1.54) is 4.57 Å². The highest BCUT2D eigenvalue weighted by molar-refractivity contribution is 7.20. The first-order valence-corrected chi connectivity index (χ1v) is 7.72. The lowest BCUT2D eigenvalue weighted by atomic mass is 10.2. The molecule has 0 aliphatic rings. The standard InChI is InChI=1S/C14H17N3O4S/c1-3-8-16-13-10(7(2)11(22-13)12(15)20)14(21)17(8)6-4-5-9(18)19/h3-6H2,1-2H3,(H2,15,20)(H,18,19). The first-order valence-electron chi connectivity index (χ1n) is 6.91. The highest BCUT2D eigenvalue weighted by Gasteiger charge is 2.19. The number of thiophene rings is 1. The number of hydrogen-bond acceptors (Lipinski definition) is 5. The average Bonchev–Trinajstić information content (AvgIpc) is 2.78. The average molecular weight is 323 g/mol. The summed E-state index contributed by atoms with van der Waals surface area (Å²) in [6, 6.07) is 0. The highest BCUT2D eigenvalue weighted by Crippen LogP contribution is 2.27.